The number of carbonyl (C=O) groups is 1. The van der Waals surface area contributed by atoms with Gasteiger partial charge in [-0.15, -0.1) is 0 Å². The van der Waals surface area contributed by atoms with Crippen LogP contribution < -0.4 is 0 Å². The van der Waals surface area contributed by atoms with E-state index in [9.17, 15) is 4.79 Å². The average molecular weight is 316 g/mol. The van der Waals surface area contributed by atoms with Gasteiger partial charge in [-0.25, -0.2) is 14.8 Å². The number of ether oxygens (including phenoxy) is 1. The van der Waals surface area contributed by atoms with Crippen LogP contribution in [-0.4, -0.2) is 44.6 Å². The van der Waals surface area contributed by atoms with Crippen molar-refractivity contribution in [1.82, 2.24) is 19.9 Å². The molecule has 3 heterocycles. The van der Waals surface area contributed by atoms with Crippen molar-refractivity contribution in [3.63, 3.8) is 0 Å². The lowest BCUT2D eigenvalue weighted by Gasteiger charge is -2.33. The van der Waals surface area contributed by atoms with E-state index in [0.29, 0.717) is 6.54 Å². The van der Waals surface area contributed by atoms with Crippen molar-refractivity contribution in [2.75, 3.05) is 13.1 Å². The van der Waals surface area contributed by atoms with Crippen molar-refractivity contribution in [2.24, 2.45) is 0 Å². The molecule has 0 radical (unpaired) electrons. The number of hydrogen-bond donors (Lipinski definition) is 1. The molecule has 3 rings (SSSR count). The van der Waals surface area contributed by atoms with Crippen molar-refractivity contribution in [3.05, 3.63) is 23.7 Å². The van der Waals surface area contributed by atoms with Crippen molar-refractivity contribution in [2.45, 2.75) is 52.1 Å². The Morgan fingerprint density at radius 1 is 1.35 bits per heavy atom. The number of nitrogens with one attached hydrogen (secondary N) is 1. The molecule has 2 aromatic heterocycles. The number of pyridine rings is 1. The summed E-state index contributed by atoms with van der Waals surface area (Å²) in [6.07, 6.45) is 1.72. The zero-order valence-electron chi connectivity index (χ0n) is 14.2. The van der Waals surface area contributed by atoms with E-state index in [1.807, 2.05) is 39.8 Å². The quantitative estimate of drug-likeness (QED) is 0.875. The van der Waals surface area contributed by atoms with Gasteiger partial charge in [0.2, 0.25) is 0 Å². The number of carbonyl (C=O) groups excluding carboxylic acids is 1. The fourth-order valence-corrected chi connectivity index (χ4v) is 2.89. The second-order valence-electron chi connectivity index (χ2n) is 7.21. The van der Waals surface area contributed by atoms with Gasteiger partial charge in [-0.05, 0) is 52.7 Å². The molecule has 0 aliphatic carbocycles. The van der Waals surface area contributed by atoms with E-state index < -0.39 is 5.60 Å². The highest BCUT2D eigenvalue weighted by Crippen LogP contribution is 2.27. The molecule has 2 aromatic rings. The van der Waals surface area contributed by atoms with Crippen molar-refractivity contribution in [1.29, 1.82) is 0 Å². The number of imidazole rings is 1. The maximum Gasteiger partial charge on any atom is 0.410 e. The van der Waals surface area contributed by atoms with E-state index in [2.05, 4.69) is 15.0 Å². The van der Waals surface area contributed by atoms with Crippen molar-refractivity contribution in [3.8, 4) is 0 Å². The molecule has 6 heteroatoms. The van der Waals surface area contributed by atoms with E-state index in [-0.39, 0.29) is 12.0 Å². The van der Waals surface area contributed by atoms with Gasteiger partial charge < -0.3 is 14.6 Å². The standard InChI is InChI=1S/C17H24N4O2/c1-11-7-8-13-15(18-11)20-14(19-13)12-6-5-9-21(10-12)16(22)23-17(2,3)4/h7-8,12H,5-6,9-10H2,1-4H3,(H,18,19,20). The third kappa shape index (κ3) is 3.63. The Kier molecular flexibility index (Phi) is 4.00. The molecule has 1 unspecified atom stereocenters. The molecular formula is C17H24N4O2. The summed E-state index contributed by atoms with van der Waals surface area (Å²) >= 11 is 0. The van der Waals surface area contributed by atoms with Crippen LogP contribution >= 0.6 is 0 Å². The molecule has 1 saturated heterocycles. The van der Waals surface area contributed by atoms with E-state index in [0.717, 1.165) is 42.1 Å². The Morgan fingerprint density at radius 3 is 2.87 bits per heavy atom. The maximum absolute atomic E-state index is 12.3. The summed E-state index contributed by atoms with van der Waals surface area (Å²) in [5.74, 6) is 1.11. The number of amides is 1. The third-order valence-electron chi connectivity index (χ3n) is 3.96. The molecule has 0 bridgehead atoms. The number of nitrogens with zero attached hydrogens (tertiary/aromatic N) is 3. The number of aryl methyl sites for hydroxylation is 1. The van der Waals surface area contributed by atoms with Crippen LogP contribution in [0.3, 0.4) is 0 Å². The minimum Gasteiger partial charge on any atom is -0.444 e. The summed E-state index contributed by atoms with van der Waals surface area (Å²) in [7, 11) is 0. The normalized spacial score (nSPS) is 19.1. The van der Waals surface area contributed by atoms with Crippen LogP contribution in [0.2, 0.25) is 0 Å². The molecule has 1 amide bonds. The first-order valence-electron chi connectivity index (χ1n) is 8.13. The first kappa shape index (κ1) is 15.8. The smallest absolute Gasteiger partial charge is 0.410 e. The third-order valence-corrected chi connectivity index (χ3v) is 3.96. The van der Waals surface area contributed by atoms with Gasteiger partial charge in [-0.3, -0.25) is 0 Å². The summed E-state index contributed by atoms with van der Waals surface area (Å²) < 4.78 is 5.48. The van der Waals surface area contributed by atoms with Crippen molar-refractivity contribution >= 4 is 17.3 Å². The number of aromatic nitrogens is 3. The monoisotopic (exact) mass is 316 g/mol. The number of piperidine rings is 1. The number of rotatable bonds is 1. The molecule has 1 aliphatic rings. The first-order chi connectivity index (χ1) is 10.8. The van der Waals surface area contributed by atoms with Gasteiger partial charge in [0, 0.05) is 24.7 Å². The van der Waals surface area contributed by atoms with Crippen LogP contribution in [0.5, 0.6) is 0 Å². The topological polar surface area (TPSA) is 71.1 Å². The number of hydrogen-bond acceptors (Lipinski definition) is 4. The maximum atomic E-state index is 12.3. The van der Waals surface area contributed by atoms with E-state index >= 15 is 0 Å². The van der Waals surface area contributed by atoms with Crippen LogP contribution in [0.15, 0.2) is 12.1 Å². The molecule has 23 heavy (non-hydrogen) atoms. The summed E-state index contributed by atoms with van der Waals surface area (Å²) in [6.45, 7) is 8.99. The highest BCUT2D eigenvalue weighted by Gasteiger charge is 2.29. The SMILES string of the molecule is Cc1ccc2[nH]c(C3CCCN(C(=O)OC(C)(C)C)C3)nc2n1. The minimum absolute atomic E-state index is 0.200. The largest absolute Gasteiger partial charge is 0.444 e. The molecule has 124 valence electrons. The summed E-state index contributed by atoms with van der Waals surface area (Å²) in [5.41, 5.74) is 2.18. The zero-order chi connectivity index (χ0) is 16.6. The zero-order valence-corrected chi connectivity index (χ0v) is 14.2. The molecule has 0 spiro atoms. The second-order valence-corrected chi connectivity index (χ2v) is 7.21. The number of aromatic amines is 1. The van der Waals surface area contributed by atoms with E-state index in [1.54, 1.807) is 4.90 Å². The molecule has 0 saturated carbocycles. The van der Waals surface area contributed by atoms with Gasteiger partial charge in [0.15, 0.2) is 5.65 Å². The molecule has 1 N–H and O–H groups in total. The van der Waals surface area contributed by atoms with Gasteiger partial charge in [0.25, 0.3) is 0 Å². The van der Waals surface area contributed by atoms with Gasteiger partial charge in [0.05, 0.1) is 5.52 Å². The predicted octanol–water partition coefficient (Wildman–Crippen LogP) is 3.38. The van der Waals surface area contributed by atoms with Gasteiger partial charge in [0.1, 0.15) is 11.4 Å². The van der Waals surface area contributed by atoms with Crippen molar-refractivity contribution < 1.29 is 9.53 Å². The molecule has 1 atom stereocenters. The van der Waals surface area contributed by atoms with Crippen LogP contribution in [0.4, 0.5) is 4.79 Å². The highest BCUT2D eigenvalue weighted by atomic mass is 16.6. The summed E-state index contributed by atoms with van der Waals surface area (Å²) in [6, 6.07) is 3.97. The number of likely N-dealkylation sites (tertiary alicyclic amines) is 1. The molecular weight excluding hydrogens is 292 g/mol. The summed E-state index contributed by atoms with van der Waals surface area (Å²) in [4.78, 5) is 26.5. The van der Waals surface area contributed by atoms with Crippen LogP contribution in [0, 0.1) is 6.92 Å². The number of fused-ring (bicyclic) bond motifs is 1. The second kappa shape index (κ2) is 5.83. The van der Waals surface area contributed by atoms with Gasteiger partial charge in [-0.2, -0.15) is 0 Å². The van der Waals surface area contributed by atoms with Gasteiger partial charge in [-0.1, -0.05) is 0 Å². The Labute approximate surface area is 136 Å². The fourth-order valence-electron chi connectivity index (χ4n) is 2.89. The molecule has 1 fully saturated rings. The van der Waals surface area contributed by atoms with Gasteiger partial charge >= 0.3 is 6.09 Å². The Hall–Kier alpha value is -2.11. The molecule has 6 nitrogen and oxygen atoms in total. The highest BCUT2D eigenvalue weighted by molar-refractivity contribution is 5.71. The fraction of sp³-hybridized carbons (Fsp3) is 0.588. The average Bonchev–Trinajstić information content (AvgIpc) is 2.88. The van der Waals surface area contributed by atoms with E-state index in [4.69, 9.17) is 4.74 Å². The lowest BCUT2D eigenvalue weighted by atomic mass is 9.98. The Balaban J connectivity index is 1.75. The molecule has 1 aliphatic heterocycles. The Morgan fingerprint density at radius 2 is 2.13 bits per heavy atom. The Bertz CT molecular complexity index is 717. The summed E-state index contributed by atoms with van der Waals surface area (Å²) in [5, 5.41) is 0. The van der Waals surface area contributed by atoms with E-state index in [1.165, 1.54) is 0 Å². The first-order valence-corrected chi connectivity index (χ1v) is 8.13. The van der Waals surface area contributed by atoms with Crippen LogP contribution in [0.1, 0.15) is 51.0 Å². The molecule has 0 aromatic carbocycles. The predicted molar refractivity (Wildman–Crippen MR) is 88.4 cm³/mol. The lowest BCUT2D eigenvalue weighted by Crippen LogP contribution is -2.42. The lowest BCUT2D eigenvalue weighted by molar-refractivity contribution is 0.0196. The minimum atomic E-state index is -0.467. The number of H-pyrrole nitrogens is 1. The van der Waals surface area contributed by atoms with Crippen LogP contribution in [0.25, 0.3) is 11.2 Å². The van der Waals surface area contributed by atoms with Crippen LogP contribution in [-0.2, 0) is 4.74 Å².